The van der Waals surface area contributed by atoms with Gasteiger partial charge in [-0.15, -0.1) is 0 Å². The second-order valence-electron chi connectivity index (χ2n) is 2.31. The molecule has 0 aliphatic heterocycles. The van der Waals surface area contributed by atoms with Gasteiger partial charge in [-0.3, -0.25) is 0 Å². The molecule has 0 rings (SSSR count). The third-order valence-electron chi connectivity index (χ3n) is 0. The normalized spacial score (nSPS) is 10.4. The zero-order chi connectivity index (χ0) is 13.5. The maximum absolute atomic E-state index is 9.10. The molecule has 14 heteroatoms. The third-order valence-corrected chi connectivity index (χ3v) is 0. The fourth-order valence-corrected chi connectivity index (χ4v) is 0. The van der Waals surface area contributed by atoms with E-state index in [2.05, 4.69) is 0 Å². The van der Waals surface area contributed by atoms with E-state index in [0.29, 0.717) is 20.0 Å². The number of rotatable bonds is 0. The predicted molar refractivity (Wildman–Crippen MR) is 40.6 cm³/mol. The minimum atomic E-state index is -4.14. The summed E-state index contributed by atoms with van der Waals surface area (Å²) < 4.78 is 27.3. The van der Waals surface area contributed by atoms with Crippen LogP contribution in [0.1, 0.15) is 0 Å². The molecule has 2 radical (unpaired) electrons. The van der Waals surface area contributed by atoms with Gasteiger partial charge in [-0.05, 0) is 20.0 Å². The molecule has 0 heterocycles. The SMILES string of the molecule is CP(=O)([O-])[O-].CP(=O)([O-])[O-].CP(=O)([O-])[O-].[Ni+3].[Ni+3]. The Morgan fingerprint density at radius 3 is 0.529 bits per heavy atom. The van der Waals surface area contributed by atoms with Crippen LogP contribution in [0.25, 0.3) is 0 Å². The van der Waals surface area contributed by atoms with Crippen molar-refractivity contribution in [1.29, 1.82) is 0 Å². The summed E-state index contributed by atoms with van der Waals surface area (Å²) in [6.07, 6.45) is 0. The fourth-order valence-electron chi connectivity index (χ4n) is 0. The molecule has 0 N–H and O–H groups in total. The second-order valence-corrected chi connectivity index (χ2v) is 6.94. The molecule has 0 bridgehead atoms. The maximum atomic E-state index is 9.10. The van der Waals surface area contributed by atoms with E-state index in [4.69, 9.17) is 43.1 Å². The van der Waals surface area contributed by atoms with E-state index in [0.717, 1.165) is 0 Å². The first-order valence-corrected chi connectivity index (χ1v) is 8.95. The van der Waals surface area contributed by atoms with Gasteiger partial charge in [-0.2, -0.15) is 0 Å². The first-order chi connectivity index (χ1) is 6.00. The van der Waals surface area contributed by atoms with Crippen molar-refractivity contribution in [2.45, 2.75) is 0 Å². The monoisotopic (exact) mass is 398 g/mol. The molecule has 0 fully saturated rings. The summed E-state index contributed by atoms with van der Waals surface area (Å²) in [5.41, 5.74) is 0. The van der Waals surface area contributed by atoms with Crippen molar-refractivity contribution < 1.29 is 76.0 Å². The van der Waals surface area contributed by atoms with Crippen molar-refractivity contribution >= 4 is 22.8 Å². The van der Waals surface area contributed by atoms with Crippen molar-refractivity contribution in [3.05, 3.63) is 0 Å². The minimum Gasteiger partial charge on any atom is -0.811 e. The molecule has 0 spiro atoms. The van der Waals surface area contributed by atoms with Crippen LogP contribution in [-0.4, -0.2) is 20.0 Å². The van der Waals surface area contributed by atoms with Crippen LogP contribution >= 0.6 is 22.8 Å². The van der Waals surface area contributed by atoms with Crippen LogP contribution < -0.4 is 29.4 Å². The Morgan fingerprint density at radius 1 is 0.529 bits per heavy atom. The smallest absolute Gasteiger partial charge is 0.811 e. The van der Waals surface area contributed by atoms with E-state index in [1.54, 1.807) is 0 Å². The van der Waals surface area contributed by atoms with E-state index >= 15 is 0 Å². The van der Waals surface area contributed by atoms with Gasteiger partial charge < -0.3 is 43.1 Å². The van der Waals surface area contributed by atoms with Gasteiger partial charge in [0, 0.05) is 0 Å². The zero-order valence-corrected chi connectivity index (χ0v) is 13.3. The Morgan fingerprint density at radius 2 is 0.529 bits per heavy atom. The summed E-state index contributed by atoms with van der Waals surface area (Å²) >= 11 is 0. The first-order valence-electron chi connectivity index (χ1n) is 2.98. The van der Waals surface area contributed by atoms with Crippen molar-refractivity contribution in [2.24, 2.45) is 0 Å². The number of hydrogen-bond donors (Lipinski definition) is 0. The molecule has 0 aromatic rings. The van der Waals surface area contributed by atoms with E-state index < -0.39 is 22.8 Å². The van der Waals surface area contributed by atoms with Crippen LogP contribution in [0, 0.1) is 0 Å². The van der Waals surface area contributed by atoms with E-state index in [1.165, 1.54) is 0 Å². The Kier molecular flexibility index (Phi) is 22.8. The second kappa shape index (κ2) is 12.5. The fraction of sp³-hybridized carbons (Fsp3) is 1.00. The standard InChI is InChI=1S/3CH5O3P.2Ni/c3*1-5(2,3)4;;/h3*1H3,(H2,2,3,4);;/q;;;2*+3/p-6. The Hall–Kier alpha value is 1.44. The van der Waals surface area contributed by atoms with Crippen molar-refractivity contribution in [1.82, 2.24) is 0 Å². The summed E-state index contributed by atoms with van der Waals surface area (Å²) in [4.78, 5) is 54.6. The van der Waals surface area contributed by atoms with Crippen molar-refractivity contribution in [3.8, 4) is 0 Å². The van der Waals surface area contributed by atoms with Gasteiger partial charge in [-0.1, -0.05) is 22.8 Å². The van der Waals surface area contributed by atoms with Crippen LogP contribution in [0.3, 0.4) is 0 Å². The summed E-state index contributed by atoms with van der Waals surface area (Å²) in [7, 11) is -12.4. The Bertz CT molecular complexity index is 216. The molecule has 17 heavy (non-hydrogen) atoms. The minimum absolute atomic E-state index is 0. The number of hydrogen-bond acceptors (Lipinski definition) is 9. The molecule has 0 unspecified atom stereocenters. The molecule has 0 saturated heterocycles. The molecule has 0 aliphatic carbocycles. The Balaban J connectivity index is -0.0000000400. The van der Waals surface area contributed by atoms with Gasteiger partial charge in [0.15, 0.2) is 0 Å². The van der Waals surface area contributed by atoms with Gasteiger partial charge in [0.25, 0.3) is 0 Å². The third kappa shape index (κ3) is 2010. The van der Waals surface area contributed by atoms with Crippen LogP contribution in [0.15, 0.2) is 0 Å². The van der Waals surface area contributed by atoms with Crippen molar-refractivity contribution in [3.63, 3.8) is 0 Å². The molecule has 9 nitrogen and oxygen atoms in total. The predicted octanol–water partition coefficient (Wildman–Crippen LogP) is -4.42. The summed E-state index contributed by atoms with van der Waals surface area (Å²) in [6, 6.07) is 0. The molecule has 110 valence electrons. The summed E-state index contributed by atoms with van der Waals surface area (Å²) in [5, 5.41) is 0. The zero-order valence-electron chi connectivity index (χ0n) is 8.65. The quantitative estimate of drug-likeness (QED) is 0.286. The van der Waals surface area contributed by atoms with E-state index in [-0.39, 0.29) is 33.0 Å². The largest absolute Gasteiger partial charge is 3.00 e. The molecule has 0 aromatic carbocycles. The molecule has 0 atom stereocenters. The van der Waals surface area contributed by atoms with E-state index in [9.17, 15) is 0 Å². The first kappa shape index (κ1) is 31.0. The topological polar surface area (TPSA) is 190 Å². The van der Waals surface area contributed by atoms with Crippen LogP contribution in [0.4, 0.5) is 0 Å². The maximum Gasteiger partial charge on any atom is 3.00 e. The van der Waals surface area contributed by atoms with Gasteiger partial charge in [0.05, 0.1) is 0 Å². The average molecular weight is 399 g/mol. The molecule has 0 saturated carbocycles. The molecular formula is C3H9Ni2O9P3. The van der Waals surface area contributed by atoms with Crippen LogP contribution in [-0.2, 0) is 46.7 Å². The van der Waals surface area contributed by atoms with Gasteiger partial charge >= 0.3 is 33.0 Å². The van der Waals surface area contributed by atoms with Crippen molar-refractivity contribution in [2.75, 3.05) is 20.0 Å². The molecule has 0 aliphatic rings. The average Bonchev–Trinajstić information content (AvgIpc) is 1.41. The van der Waals surface area contributed by atoms with Gasteiger partial charge in [0.2, 0.25) is 0 Å². The summed E-state index contributed by atoms with van der Waals surface area (Å²) in [5.74, 6) is 0. The van der Waals surface area contributed by atoms with Crippen LogP contribution in [0.2, 0.25) is 0 Å². The summed E-state index contributed by atoms with van der Waals surface area (Å²) in [6.45, 7) is 1.90. The van der Waals surface area contributed by atoms with Crippen LogP contribution in [0.5, 0.6) is 0 Å². The van der Waals surface area contributed by atoms with E-state index in [1.807, 2.05) is 0 Å². The van der Waals surface area contributed by atoms with Gasteiger partial charge in [-0.25, -0.2) is 0 Å². The molecular weight excluding hydrogens is 390 g/mol. The Labute approximate surface area is 119 Å². The van der Waals surface area contributed by atoms with Gasteiger partial charge in [0.1, 0.15) is 0 Å². The molecule has 0 amide bonds. The molecule has 0 aromatic heterocycles.